The lowest BCUT2D eigenvalue weighted by molar-refractivity contribution is -0.149. The second kappa shape index (κ2) is 7.82. The second-order valence-corrected chi connectivity index (χ2v) is 8.28. The predicted octanol–water partition coefficient (Wildman–Crippen LogP) is 2.99. The van der Waals surface area contributed by atoms with Crippen molar-refractivity contribution in [1.82, 2.24) is 0 Å². The Bertz CT molecular complexity index is 264. The first-order valence-corrected chi connectivity index (χ1v) is 8.99. The summed E-state index contributed by atoms with van der Waals surface area (Å²) in [6.07, 6.45) is 1.22. The Morgan fingerprint density at radius 3 is 2.41 bits per heavy atom. The Morgan fingerprint density at radius 2 is 1.82 bits per heavy atom. The number of ether oxygens (including phenoxy) is 1. The molecule has 1 fully saturated rings. The normalized spacial score (nSPS) is 37.8. The largest absolute Gasteiger partial charge is 0.465 e. The van der Waals surface area contributed by atoms with Gasteiger partial charge in [0.15, 0.2) is 0 Å². The SMILES string of the molecule is O=C(OCCCO)C1CC(Br)C(Br)C(Br)C1Br. The predicted molar refractivity (Wildman–Crippen MR) is 81.6 cm³/mol. The van der Waals surface area contributed by atoms with Crippen molar-refractivity contribution in [3.05, 3.63) is 0 Å². The van der Waals surface area contributed by atoms with Crippen molar-refractivity contribution >= 4 is 69.7 Å². The number of aliphatic hydroxyl groups excluding tert-OH is 1. The average Bonchev–Trinajstić information content (AvgIpc) is 2.31. The summed E-state index contributed by atoms with van der Waals surface area (Å²) in [5.41, 5.74) is 0. The van der Waals surface area contributed by atoms with Crippen molar-refractivity contribution < 1.29 is 14.6 Å². The van der Waals surface area contributed by atoms with Crippen molar-refractivity contribution in [3.63, 3.8) is 0 Å². The molecule has 100 valence electrons. The molecular weight excluding hydrogens is 488 g/mol. The van der Waals surface area contributed by atoms with Crippen molar-refractivity contribution in [2.45, 2.75) is 32.2 Å². The first-order chi connectivity index (χ1) is 7.99. The highest BCUT2D eigenvalue weighted by molar-refractivity contribution is 9.14. The van der Waals surface area contributed by atoms with Crippen LogP contribution in [0.25, 0.3) is 0 Å². The molecule has 17 heavy (non-hydrogen) atoms. The van der Waals surface area contributed by atoms with Gasteiger partial charge in [-0.3, -0.25) is 4.79 Å². The van der Waals surface area contributed by atoms with Crippen molar-refractivity contribution in [1.29, 1.82) is 0 Å². The van der Waals surface area contributed by atoms with Gasteiger partial charge in [0.05, 0.1) is 12.5 Å². The minimum absolute atomic E-state index is 0.0430. The maximum Gasteiger partial charge on any atom is 0.310 e. The number of aliphatic hydroxyl groups is 1. The molecule has 0 radical (unpaired) electrons. The van der Waals surface area contributed by atoms with Crippen LogP contribution in [0.5, 0.6) is 0 Å². The minimum atomic E-state index is -0.200. The summed E-state index contributed by atoms with van der Waals surface area (Å²) < 4.78 is 5.14. The monoisotopic (exact) mass is 498 g/mol. The van der Waals surface area contributed by atoms with E-state index in [2.05, 4.69) is 63.7 Å². The van der Waals surface area contributed by atoms with Crippen molar-refractivity contribution in [3.8, 4) is 0 Å². The molecule has 1 N–H and O–H groups in total. The molecule has 0 amide bonds. The Hall–Kier alpha value is 1.35. The number of halogens is 4. The van der Waals surface area contributed by atoms with E-state index in [1.807, 2.05) is 0 Å². The van der Waals surface area contributed by atoms with Gasteiger partial charge in [-0.05, 0) is 6.42 Å². The van der Waals surface area contributed by atoms with E-state index < -0.39 is 0 Å². The van der Waals surface area contributed by atoms with Crippen molar-refractivity contribution in [2.75, 3.05) is 13.2 Å². The number of alkyl halides is 4. The van der Waals surface area contributed by atoms with Gasteiger partial charge in [-0.25, -0.2) is 0 Å². The first kappa shape index (κ1) is 16.4. The van der Waals surface area contributed by atoms with Crippen LogP contribution >= 0.6 is 63.7 Å². The molecule has 3 nitrogen and oxygen atoms in total. The van der Waals surface area contributed by atoms with E-state index in [9.17, 15) is 4.79 Å². The number of hydrogen-bond acceptors (Lipinski definition) is 3. The fourth-order valence-electron chi connectivity index (χ4n) is 1.67. The van der Waals surface area contributed by atoms with E-state index in [1.165, 1.54) is 0 Å². The van der Waals surface area contributed by atoms with Gasteiger partial charge in [0.25, 0.3) is 0 Å². The molecule has 1 rings (SSSR count). The van der Waals surface area contributed by atoms with E-state index in [-0.39, 0.29) is 44.4 Å². The smallest absolute Gasteiger partial charge is 0.310 e. The van der Waals surface area contributed by atoms with Crippen LogP contribution in [0.3, 0.4) is 0 Å². The van der Waals surface area contributed by atoms with Crippen LogP contribution in [0.1, 0.15) is 12.8 Å². The molecule has 0 bridgehead atoms. The van der Waals surface area contributed by atoms with Gasteiger partial charge in [-0.1, -0.05) is 63.7 Å². The Morgan fingerprint density at radius 1 is 1.18 bits per heavy atom. The van der Waals surface area contributed by atoms with Gasteiger partial charge in [0.2, 0.25) is 0 Å². The summed E-state index contributed by atoms with van der Waals surface area (Å²) in [7, 11) is 0. The molecule has 1 aliphatic carbocycles. The summed E-state index contributed by atoms with van der Waals surface area (Å²) in [5, 5.41) is 8.64. The molecule has 0 spiro atoms. The highest BCUT2D eigenvalue weighted by Gasteiger charge is 2.44. The van der Waals surface area contributed by atoms with Crippen molar-refractivity contribution in [2.24, 2.45) is 5.92 Å². The molecular formula is C10H14Br4O3. The van der Waals surface area contributed by atoms with Gasteiger partial charge in [-0.2, -0.15) is 0 Å². The zero-order valence-electron chi connectivity index (χ0n) is 8.99. The molecule has 0 heterocycles. The third kappa shape index (κ3) is 4.44. The van der Waals surface area contributed by atoms with Crippen LogP contribution in [0.15, 0.2) is 0 Å². The Balaban J connectivity index is 2.54. The van der Waals surface area contributed by atoms with Gasteiger partial charge >= 0.3 is 5.97 Å². The van der Waals surface area contributed by atoms with E-state index in [0.29, 0.717) is 6.42 Å². The lowest BCUT2D eigenvalue weighted by Crippen LogP contribution is -2.46. The molecule has 5 atom stereocenters. The molecule has 0 saturated heterocycles. The summed E-state index contributed by atoms with van der Waals surface area (Å²) in [6.45, 7) is 0.324. The summed E-state index contributed by atoms with van der Waals surface area (Å²) in [6, 6.07) is 0. The van der Waals surface area contributed by atoms with Crippen LogP contribution in [-0.4, -0.2) is 43.6 Å². The number of hydrogen-bond donors (Lipinski definition) is 1. The van der Waals surface area contributed by atoms with Crippen LogP contribution < -0.4 is 0 Å². The lowest BCUT2D eigenvalue weighted by Gasteiger charge is -2.36. The van der Waals surface area contributed by atoms with Crippen LogP contribution in [0, 0.1) is 5.92 Å². The number of rotatable bonds is 4. The number of carbonyl (C=O) groups is 1. The van der Waals surface area contributed by atoms with Gasteiger partial charge in [0, 0.05) is 32.3 Å². The fourth-order valence-corrected chi connectivity index (χ4v) is 5.26. The van der Waals surface area contributed by atoms with Gasteiger partial charge in [0.1, 0.15) is 0 Å². The maximum atomic E-state index is 11.9. The van der Waals surface area contributed by atoms with Gasteiger partial charge < -0.3 is 9.84 Å². The van der Waals surface area contributed by atoms with Crippen LogP contribution in [0.2, 0.25) is 0 Å². The van der Waals surface area contributed by atoms with E-state index in [4.69, 9.17) is 9.84 Å². The summed E-state index contributed by atoms with van der Waals surface area (Å²) in [5.74, 6) is -0.370. The number of esters is 1. The number of carbonyl (C=O) groups excluding carboxylic acids is 1. The molecule has 0 aromatic heterocycles. The molecule has 7 heteroatoms. The molecule has 0 aromatic carbocycles. The van der Waals surface area contributed by atoms with E-state index in [0.717, 1.165) is 6.42 Å². The fraction of sp³-hybridized carbons (Fsp3) is 0.900. The molecule has 1 aliphatic rings. The second-order valence-electron chi connectivity index (χ2n) is 3.94. The highest BCUT2D eigenvalue weighted by Crippen LogP contribution is 2.41. The van der Waals surface area contributed by atoms with Crippen LogP contribution in [-0.2, 0) is 9.53 Å². The third-order valence-corrected chi connectivity index (χ3v) is 9.29. The molecule has 0 aromatic rings. The van der Waals surface area contributed by atoms with E-state index in [1.54, 1.807) is 0 Å². The Labute approximate surface area is 135 Å². The lowest BCUT2D eigenvalue weighted by atomic mass is 9.89. The van der Waals surface area contributed by atoms with Crippen LogP contribution in [0.4, 0.5) is 0 Å². The third-order valence-electron chi connectivity index (χ3n) is 2.67. The molecule has 0 aliphatic heterocycles. The standard InChI is InChI=1S/C10H14Br4O3/c11-6-4-5(7(12)9(14)8(6)13)10(16)17-3-1-2-15/h5-9,15H,1-4H2. The Kier molecular flexibility index (Phi) is 7.55. The van der Waals surface area contributed by atoms with Gasteiger partial charge in [-0.15, -0.1) is 0 Å². The van der Waals surface area contributed by atoms with E-state index >= 15 is 0 Å². The minimum Gasteiger partial charge on any atom is -0.465 e. The average molecular weight is 502 g/mol. The zero-order valence-corrected chi connectivity index (χ0v) is 15.3. The highest BCUT2D eigenvalue weighted by atomic mass is 79.9. The first-order valence-electron chi connectivity index (χ1n) is 5.32. The maximum absolute atomic E-state index is 11.9. The molecule has 1 saturated carbocycles. The topological polar surface area (TPSA) is 46.5 Å². The molecule has 5 unspecified atom stereocenters. The summed E-state index contributed by atoms with van der Waals surface area (Å²) >= 11 is 14.3. The zero-order chi connectivity index (χ0) is 13.0. The summed E-state index contributed by atoms with van der Waals surface area (Å²) in [4.78, 5) is 12.6. The quantitative estimate of drug-likeness (QED) is 0.366.